The van der Waals surface area contributed by atoms with Gasteiger partial charge >= 0.3 is 0 Å². The minimum Gasteiger partial charge on any atom is -0.324 e. The van der Waals surface area contributed by atoms with Crippen LogP contribution in [0.15, 0.2) is 29.6 Å². The molecule has 0 aliphatic rings. The summed E-state index contributed by atoms with van der Waals surface area (Å²) >= 11 is 1.77. The Kier molecular flexibility index (Phi) is 3.65. The molecular weight excluding hydrogens is 226 g/mol. The van der Waals surface area contributed by atoms with Crippen molar-refractivity contribution >= 4 is 11.3 Å². The minimum absolute atomic E-state index is 0.113. The Morgan fingerprint density at radius 3 is 2.29 bits per heavy atom. The van der Waals surface area contributed by atoms with Crippen LogP contribution in [-0.4, -0.2) is 0 Å². The van der Waals surface area contributed by atoms with Crippen LogP contribution in [0.2, 0.25) is 0 Å². The van der Waals surface area contributed by atoms with Crippen LogP contribution in [0.25, 0.3) is 0 Å². The van der Waals surface area contributed by atoms with E-state index >= 15 is 0 Å². The fourth-order valence-electron chi connectivity index (χ4n) is 2.33. The first kappa shape index (κ1) is 12.3. The maximum Gasteiger partial charge on any atom is 0.0346 e. The van der Waals surface area contributed by atoms with Gasteiger partial charge in [0.15, 0.2) is 0 Å². The van der Waals surface area contributed by atoms with Gasteiger partial charge in [0.1, 0.15) is 0 Å². The van der Waals surface area contributed by atoms with E-state index in [0.717, 1.165) is 6.42 Å². The van der Waals surface area contributed by atoms with Crippen LogP contribution in [-0.2, 0) is 6.42 Å². The molecule has 1 aromatic heterocycles. The average Bonchev–Trinajstić information content (AvgIpc) is 2.62. The van der Waals surface area contributed by atoms with Crippen LogP contribution < -0.4 is 5.73 Å². The van der Waals surface area contributed by atoms with Gasteiger partial charge in [-0.3, -0.25) is 0 Å². The molecule has 0 fully saturated rings. The average molecular weight is 245 g/mol. The van der Waals surface area contributed by atoms with Gasteiger partial charge in [0, 0.05) is 10.9 Å². The first-order valence-electron chi connectivity index (χ1n) is 5.93. The molecule has 2 heteroatoms. The van der Waals surface area contributed by atoms with Gasteiger partial charge < -0.3 is 5.73 Å². The third-order valence-electron chi connectivity index (χ3n) is 3.04. The Bertz CT molecular complexity index is 493. The van der Waals surface area contributed by atoms with Crippen molar-refractivity contribution in [1.82, 2.24) is 0 Å². The summed E-state index contributed by atoms with van der Waals surface area (Å²) in [7, 11) is 0. The Balaban J connectivity index is 2.18. The summed E-state index contributed by atoms with van der Waals surface area (Å²) in [4.78, 5) is 1.34. The molecule has 17 heavy (non-hydrogen) atoms. The normalized spacial score (nSPS) is 12.7. The Morgan fingerprint density at radius 1 is 1.12 bits per heavy atom. The van der Waals surface area contributed by atoms with Gasteiger partial charge in [0.05, 0.1) is 0 Å². The van der Waals surface area contributed by atoms with Gasteiger partial charge in [-0.1, -0.05) is 29.3 Å². The van der Waals surface area contributed by atoms with Crippen LogP contribution in [0.5, 0.6) is 0 Å². The number of aryl methyl sites for hydroxylation is 3. The molecule has 2 N–H and O–H groups in total. The predicted octanol–water partition coefficient (Wildman–Crippen LogP) is 3.92. The molecule has 0 aliphatic heterocycles. The number of thiophene rings is 1. The molecule has 0 saturated heterocycles. The van der Waals surface area contributed by atoms with Gasteiger partial charge in [-0.2, -0.15) is 0 Å². The van der Waals surface area contributed by atoms with Gasteiger partial charge in [-0.15, -0.1) is 11.3 Å². The number of rotatable bonds is 3. The second kappa shape index (κ2) is 5.03. The Hall–Kier alpha value is -1.12. The second-order valence-corrected chi connectivity index (χ2v) is 5.86. The van der Waals surface area contributed by atoms with E-state index in [4.69, 9.17) is 5.73 Å². The van der Waals surface area contributed by atoms with Crippen molar-refractivity contribution in [3.63, 3.8) is 0 Å². The van der Waals surface area contributed by atoms with Crippen molar-refractivity contribution in [2.75, 3.05) is 0 Å². The van der Waals surface area contributed by atoms with Crippen LogP contribution >= 0.6 is 11.3 Å². The van der Waals surface area contributed by atoms with Crippen molar-refractivity contribution in [3.8, 4) is 0 Å². The Labute approximate surface area is 107 Å². The fraction of sp³-hybridized carbons (Fsp3) is 0.333. The van der Waals surface area contributed by atoms with Crippen LogP contribution in [0.4, 0.5) is 0 Å². The van der Waals surface area contributed by atoms with Crippen molar-refractivity contribution < 1.29 is 0 Å². The van der Waals surface area contributed by atoms with Crippen molar-refractivity contribution in [3.05, 3.63) is 56.8 Å². The fourth-order valence-corrected chi connectivity index (χ4v) is 3.10. The molecule has 0 bridgehead atoms. The standard InChI is InChI=1S/C15H19NS/c1-10-6-11(2)8-13(7-10)9-15(16)14-4-5-17-12(14)3/h4-8,15H,9,16H2,1-3H3. The molecule has 0 spiro atoms. The van der Waals surface area contributed by atoms with E-state index in [0.29, 0.717) is 0 Å². The van der Waals surface area contributed by atoms with E-state index in [2.05, 4.69) is 50.4 Å². The molecule has 0 aliphatic carbocycles. The molecule has 0 amide bonds. The molecule has 90 valence electrons. The van der Waals surface area contributed by atoms with E-state index in [1.807, 2.05) is 0 Å². The molecule has 2 rings (SSSR count). The molecule has 1 nitrogen and oxygen atoms in total. The lowest BCUT2D eigenvalue weighted by molar-refractivity contribution is 0.720. The highest BCUT2D eigenvalue weighted by Gasteiger charge is 2.11. The third-order valence-corrected chi connectivity index (χ3v) is 3.90. The van der Waals surface area contributed by atoms with Crippen molar-refractivity contribution in [1.29, 1.82) is 0 Å². The van der Waals surface area contributed by atoms with E-state index in [9.17, 15) is 0 Å². The summed E-state index contributed by atoms with van der Waals surface area (Å²) < 4.78 is 0. The van der Waals surface area contributed by atoms with E-state index in [1.165, 1.54) is 27.1 Å². The number of hydrogen-bond acceptors (Lipinski definition) is 2. The summed E-state index contributed by atoms with van der Waals surface area (Å²) in [6, 6.07) is 8.92. The minimum atomic E-state index is 0.113. The second-order valence-electron chi connectivity index (χ2n) is 4.74. The largest absolute Gasteiger partial charge is 0.324 e. The summed E-state index contributed by atoms with van der Waals surface area (Å²) in [5, 5.41) is 2.12. The highest BCUT2D eigenvalue weighted by atomic mass is 32.1. The SMILES string of the molecule is Cc1cc(C)cc(CC(N)c2ccsc2C)c1. The lowest BCUT2D eigenvalue weighted by Gasteiger charge is -2.13. The molecule has 1 atom stereocenters. The van der Waals surface area contributed by atoms with E-state index < -0.39 is 0 Å². The predicted molar refractivity (Wildman–Crippen MR) is 75.6 cm³/mol. The number of nitrogens with two attached hydrogens (primary N) is 1. The zero-order valence-corrected chi connectivity index (χ0v) is 11.5. The van der Waals surface area contributed by atoms with Gasteiger partial charge in [0.2, 0.25) is 0 Å². The lowest BCUT2D eigenvalue weighted by Crippen LogP contribution is -2.13. The number of benzene rings is 1. The highest BCUT2D eigenvalue weighted by Crippen LogP contribution is 2.24. The molecule has 2 aromatic rings. The highest BCUT2D eigenvalue weighted by molar-refractivity contribution is 7.10. The topological polar surface area (TPSA) is 26.0 Å². The van der Waals surface area contributed by atoms with Crippen LogP contribution in [0.3, 0.4) is 0 Å². The maximum atomic E-state index is 6.28. The van der Waals surface area contributed by atoms with Crippen LogP contribution in [0, 0.1) is 20.8 Å². The molecule has 0 radical (unpaired) electrons. The summed E-state index contributed by atoms with van der Waals surface area (Å²) in [5.41, 5.74) is 11.5. The third kappa shape index (κ3) is 2.96. The molecule has 1 heterocycles. The summed E-state index contributed by atoms with van der Waals surface area (Å²) in [6.45, 7) is 6.41. The monoisotopic (exact) mass is 245 g/mol. The molecule has 0 saturated carbocycles. The van der Waals surface area contributed by atoms with Crippen LogP contribution in [0.1, 0.15) is 33.2 Å². The quantitative estimate of drug-likeness (QED) is 0.871. The molecule has 1 aromatic carbocycles. The molecule has 1 unspecified atom stereocenters. The first-order chi connectivity index (χ1) is 8.06. The maximum absolute atomic E-state index is 6.28. The van der Waals surface area contributed by atoms with Gasteiger partial charge in [0.25, 0.3) is 0 Å². The summed E-state index contributed by atoms with van der Waals surface area (Å²) in [5.74, 6) is 0. The smallest absolute Gasteiger partial charge is 0.0346 e. The number of hydrogen-bond donors (Lipinski definition) is 1. The van der Waals surface area contributed by atoms with Crippen molar-refractivity contribution in [2.45, 2.75) is 33.2 Å². The van der Waals surface area contributed by atoms with Gasteiger partial charge in [-0.05, 0) is 49.8 Å². The van der Waals surface area contributed by atoms with Gasteiger partial charge in [-0.25, -0.2) is 0 Å². The zero-order chi connectivity index (χ0) is 12.4. The van der Waals surface area contributed by atoms with E-state index in [1.54, 1.807) is 11.3 Å². The summed E-state index contributed by atoms with van der Waals surface area (Å²) in [6.07, 6.45) is 0.917. The van der Waals surface area contributed by atoms with Crippen molar-refractivity contribution in [2.24, 2.45) is 5.73 Å². The van der Waals surface area contributed by atoms with E-state index in [-0.39, 0.29) is 6.04 Å². The Morgan fingerprint density at radius 2 is 1.76 bits per heavy atom. The lowest BCUT2D eigenvalue weighted by atomic mass is 9.98. The molecular formula is C15H19NS. The first-order valence-corrected chi connectivity index (χ1v) is 6.81. The zero-order valence-electron chi connectivity index (χ0n) is 10.7.